The van der Waals surface area contributed by atoms with Gasteiger partial charge in [-0.1, -0.05) is 44.7 Å². The molecule has 0 radical (unpaired) electrons. The van der Waals surface area contributed by atoms with E-state index in [9.17, 15) is 9.90 Å². The summed E-state index contributed by atoms with van der Waals surface area (Å²) in [6, 6.07) is 0. The Labute approximate surface area is 113 Å². The number of hydrogen-bond donors (Lipinski definition) is 1. The minimum absolute atomic E-state index is 0.201. The van der Waals surface area contributed by atoms with Gasteiger partial charge in [0.15, 0.2) is 5.82 Å². The maximum Gasteiger partial charge on any atom is 0.310 e. The van der Waals surface area contributed by atoms with Gasteiger partial charge >= 0.3 is 5.97 Å². The van der Waals surface area contributed by atoms with Gasteiger partial charge in [0.1, 0.15) is 0 Å². The van der Waals surface area contributed by atoms with Crippen molar-refractivity contribution in [3.63, 3.8) is 0 Å². The molecule has 0 aromatic carbocycles. The minimum Gasteiger partial charge on any atom is -0.481 e. The summed E-state index contributed by atoms with van der Waals surface area (Å²) in [5.74, 6) is 0.600. The van der Waals surface area contributed by atoms with Crippen LogP contribution in [0.5, 0.6) is 0 Å². The van der Waals surface area contributed by atoms with Crippen LogP contribution < -0.4 is 0 Å². The van der Waals surface area contributed by atoms with Gasteiger partial charge in [-0.25, -0.2) is 0 Å². The quantitative estimate of drug-likeness (QED) is 0.847. The summed E-state index contributed by atoms with van der Waals surface area (Å²) < 4.78 is 5.22. The molecule has 1 N–H and O–H groups in total. The third-order valence-electron chi connectivity index (χ3n) is 4.00. The molecule has 0 amide bonds. The fraction of sp³-hybridized carbons (Fsp3) is 0.786. The molecule has 0 unspecified atom stereocenters. The van der Waals surface area contributed by atoms with E-state index in [0.717, 1.165) is 25.7 Å². The Morgan fingerprint density at radius 3 is 2.42 bits per heavy atom. The Balaban J connectivity index is 2.17. The highest BCUT2D eigenvalue weighted by atomic mass is 16.5. The lowest BCUT2D eigenvalue weighted by molar-refractivity contribution is -0.150. The molecule has 1 heterocycles. The number of carboxylic acids is 1. The van der Waals surface area contributed by atoms with Gasteiger partial charge in [-0.2, -0.15) is 4.98 Å². The maximum absolute atomic E-state index is 11.7. The van der Waals surface area contributed by atoms with Crippen LogP contribution in [0, 0.1) is 5.41 Å². The first-order chi connectivity index (χ1) is 9.03. The first-order valence-corrected chi connectivity index (χ1v) is 7.09. The number of carboxylic acid groups (broad SMARTS) is 1. The zero-order chi connectivity index (χ0) is 13.9. The van der Waals surface area contributed by atoms with Gasteiger partial charge in [0.2, 0.25) is 5.89 Å². The first-order valence-electron chi connectivity index (χ1n) is 7.09. The van der Waals surface area contributed by atoms with E-state index in [2.05, 4.69) is 10.1 Å². The molecule has 19 heavy (non-hydrogen) atoms. The number of rotatable bonds is 4. The third-order valence-corrected chi connectivity index (χ3v) is 4.00. The van der Waals surface area contributed by atoms with Crippen molar-refractivity contribution in [2.24, 2.45) is 5.41 Å². The molecule has 0 atom stereocenters. The summed E-state index contributed by atoms with van der Waals surface area (Å²) in [5.41, 5.74) is -0.711. The monoisotopic (exact) mass is 266 g/mol. The smallest absolute Gasteiger partial charge is 0.310 e. The van der Waals surface area contributed by atoms with E-state index in [0.29, 0.717) is 31.0 Å². The number of carbonyl (C=O) groups is 1. The number of hydrogen-bond acceptors (Lipinski definition) is 4. The molecular formula is C14H22N2O3. The molecule has 5 nitrogen and oxygen atoms in total. The van der Waals surface area contributed by atoms with Crippen molar-refractivity contribution in [1.82, 2.24) is 10.1 Å². The zero-order valence-electron chi connectivity index (χ0n) is 11.7. The van der Waals surface area contributed by atoms with Crippen LogP contribution in [-0.4, -0.2) is 21.2 Å². The van der Waals surface area contributed by atoms with Crippen molar-refractivity contribution in [2.75, 3.05) is 0 Å². The van der Waals surface area contributed by atoms with Crippen LogP contribution in [0.15, 0.2) is 4.52 Å². The van der Waals surface area contributed by atoms with Crippen LogP contribution in [-0.2, 0) is 11.2 Å². The Morgan fingerprint density at radius 2 is 1.95 bits per heavy atom. The molecule has 1 aliphatic rings. The molecule has 2 rings (SSSR count). The molecule has 1 saturated carbocycles. The number of aromatic nitrogens is 2. The van der Waals surface area contributed by atoms with Crippen molar-refractivity contribution in [2.45, 2.75) is 64.7 Å². The van der Waals surface area contributed by atoms with Gasteiger partial charge in [-0.05, 0) is 12.8 Å². The molecule has 1 aromatic rings. The summed E-state index contributed by atoms with van der Waals surface area (Å²) in [6.07, 6.45) is 5.96. The van der Waals surface area contributed by atoms with E-state index in [1.165, 1.54) is 0 Å². The fourth-order valence-electron chi connectivity index (χ4n) is 2.74. The number of nitrogens with zero attached hydrogens (tertiary/aromatic N) is 2. The van der Waals surface area contributed by atoms with Crippen molar-refractivity contribution >= 4 is 5.97 Å². The summed E-state index contributed by atoms with van der Waals surface area (Å²) in [5, 5.41) is 13.5. The molecule has 0 bridgehead atoms. The Hall–Kier alpha value is -1.39. The van der Waals surface area contributed by atoms with E-state index >= 15 is 0 Å². The lowest BCUT2D eigenvalue weighted by Gasteiger charge is -2.26. The topological polar surface area (TPSA) is 76.2 Å². The van der Waals surface area contributed by atoms with Crippen molar-refractivity contribution < 1.29 is 14.4 Å². The van der Waals surface area contributed by atoms with Crippen molar-refractivity contribution in [1.29, 1.82) is 0 Å². The van der Waals surface area contributed by atoms with Gasteiger partial charge in [0.05, 0.1) is 5.41 Å². The zero-order valence-corrected chi connectivity index (χ0v) is 11.7. The van der Waals surface area contributed by atoms with Gasteiger partial charge in [0.25, 0.3) is 0 Å². The van der Waals surface area contributed by atoms with E-state index in [1.54, 1.807) is 0 Å². The molecule has 1 aliphatic carbocycles. The molecule has 5 heteroatoms. The second kappa shape index (κ2) is 5.72. The Bertz CT molecular complexity index is 432. The highest BCUT2D eigenvalue weighted by Crippen LogP contribution is 2.38. The Morgan fingerprint density at radius 1 is 1.32 bits per heavy atom. The second-order valence-electron chi connectivity index (χ2n) is 5.88. The molecular weight excluding hydrogens is 244 g/mol. The Kier molecular flexibility index (Phi) is 4.22. The lowest BCUT2D eigenvalue weighted by atomic mass is 9.77. The van der Waals surface area contributed by atoms with Crippen LogP contribution in [0.25, 0.3) is 0 Å². The van der Waals surface area contributed by atoms with E-state index in [1.807, 2.05) is 13.8 Å². The van der Waals surface area contributed by atoms with Crippen LogP contribution in [0.4, 0.5) is 0 Å². The fourth-order valence-corrected chi connectivity index (χ4v) is 2.74. The summed E-state index contributed by atoms with van der Waals surface area (Å²) in [4.78, 5) is 16.0. The van der Waals surface area contributed by atoms with Crippen molar-refractivity contribution in [3.05, 3.63) is 11.7 Å². The van der Waals surface area contributed by atoms with Crippen LogP contribution in [0.2, 0.25) is 0 Å². The lowest BCUT2D eigenvalue weighted by Crippen LogP contribution is -2.33. The average Bonchev–Trinajstić information content (AvgIpc) is 2.68. The molecule has 0 saturated heterocycles. The highest BCUT2D eigenvalue weighted by Gasteiger charge is 2.40. The summed E-state index contributed by atoms with van der Waals surface area (Å²) in [6.45, 7) is 3.99. The predicted molar refractivity (Wildman–Crippen MR) is 69.9 cm³/mol. The molecule has 106 valence electrons. The second-order valence-corrected chi connectivity index (χ2v) is 5.88. The molecule has 1 aromatic heterocycles. The predicted octanol–water partition coefficient (Wildman–Crippen LogP) is 3.16. The normalized spacial score (nSPS) is 19.3. The van der Waals surface area contributed by atoms with Crippen LogP contribution in [0.3, 0.4) is 0 Å². The van der Waals surface area contributed by atoms with E-state index in [4.69, 9.17) is 4.52 Å². The van der Waals surface area contributed by atoms with E-state index < -0.39 is 11.4 Å². The highest BCUT2D eigenvalue weighted by molar-refractivity contribution is 5.74. The largest absolute Gasteiger partial charge is 0.481 e. The molecule has 1 fully saturated rings. The SMILES string of the molecule is CC(C)c1noc(CC2(C(=O)O)CCCCCC2)n1. The van der Waals surface area contributed by atoms with Gasteiger partial charge in [-0.3, -0.25) is 4.79 Å². The summed E-state index contributed by atoms with van der Waals surface area (Å²) >= 11 is 0. The number of aliphatic carboxylic acids is 1. The standard InChI is InChI=1S/C14H22N2O3/c1-10(2)12-15-11(19-16-12)9-14(13(17)18)7-5-3-4-6-8-14/h10H,3-9H2,1-2H3,(H,17,18). The van der Waals surface area contributed by atoms with Gasteiger partial charge in [-0.15, -0.1) is 0 Å². The minimum atomic E-state index is -0.723. The van der Waals surface area contributed by atoms with Crippen molar-refractivity contribution in [3.8, 4) is 0 Å². The van der Waals surface area contributed by atoms with Gasteiger partial charge in [0, 0.05) is 12.3 Å². The average molecular weight is 266 g/mol. The van der Waals surface area contributed by atoms with Crippen LogP contribution >= 0.6 is 0 Å². The summed E-state index contributed by atoms with van der Waals surface area (Å²) in [7, 11) is 0. The molecule has 0 spiro atoms. The molecule has 0 aliphatic heterocycles. The van der Waals surface area contributed by atoms with Crippen LogP contribution in [0.1, 0.15) is 70.0 Å². The van der Waals surface area contributed by atoms with E-state index in [-0.39, 0.29) is 5.92 Å². The first kappa shape index (κ1) is 14.0. The van der Waals surface area contributed by atoms with Gasteiger partial charge < -0.3 is 9.63 Å². The maximum atomic E-state index is 11.7. The third kappa shape index (κ3) is 3.14.